The van der Waals surface area contributed by atoms with Crippen LogP contribution in [0, 0.1) is 11.8 Å². The second-order valence-electron chi connectivity index (χ2n) is 5.01. The van der Waals surface area contributed by atoms with E-state index in [2.05, 4.69) is 0 Å². The third-order valence-corrected chi connectivity index (χ3v) is 4.13. The van der Waals surface area contributed by atoms with Gasteiger partial charge in [0.2, 0.25) is 0 Å². The Morgan fingerprint density at radius 2 is 1.31 bits per heavy atom. The first-order chi connectivity index (χ1) is 6.38. The fourth-order valence-corrected chi connectivity index (χ4v) is 3.34. The van der Waals surface area contributed by atoms with Crippen LogP contribution in [0.25, 0.3) is 0 Å². The van der Waals surface area contributed by atoms with Gasteiger partial charge in [-0.15, -0.1) is 0 Å². The first kappa shape index (κ1) is 9.51. The maximum Gasteiger partial charge on any atom is 0.00698 e. The maximum absolute atomic E-state index is 6.26. The van der Waals surface area contributed by atoms with E-state index in [0.29, 0.717) is 6.04 Å². The molecule has 76 valence electrons. The summed E-state index contributed by atoms with van der Waals surface area (Å²) in [5.41, 5.74) is 6.26. The molecule has 2 aliphatic carbocycles. The minimum absolute atomic E-state index is 0.533. The van der Waals surface area contributed by atoms with Crippen molar-refractivity contribution in [3.63, 3.8) is 0 Å². The largest absolute Gasteiger partial charge is 0.327 e. The Hall–Kier alpha value is -0.0400. The molecule has 13 heavy (non-hydrogen) atoms. The van der Waals surface area contributed by atoms with E-state index in [0.717, 1.165) is 11.8 Å². The molecular formula is C12H23N. The highest BCUT2D eigenvalue weighted by molar-refractivity contribution is 4.84. The van der Waals surface area contributed by atoms with E-state index >= 15 is 0 Å². The summed E-state index contributed by atoms with van der Waals surface area (Å²) >= 11 is 0. The van der Waals surface area contributed by atoms with Gasteiger partial charge in [0, 0.05) is 6.04 Å². The maximum atomic E-state index is 6.26. The van der Waals surface area contributed by atoms with Crippen LogP contribution < -0.4 is 5.73 Å². The molecule has 2 aliphatic rings. The van der Waals surface area contributed by atoms with Gasteiger partial charge in [-0.3, -0.25) is 0 Å². The van der Waals surface area contributed by atoms with Crippen LogP contribution in [-0.2, 0) is 0 Å². The predicted molar refractivity (Wildman–Crippen MR) is 56.5 cm³/mol. The molecule has 2 saturated carbocycles. The molecule has 0 aromatic heterocycles. The Balaban J connectivity index is 1.93. The Bertz CT molecular complexity index is 149. The second kappa shape index (κ2) is 4.45. The molecule has 2 N–H and O–H groups in total. The van der Waals surface area contributed by atoms with Crippen LogP contribution in [0.2, 0.25) is 0 Å². The van der Waals surface area contributed by atoms with Crippen LogP contribution in [0.5, 0.6) is 0 Å². The summed E-state index contributed by atoms with van der Waals surface area (Å²) in [6.45, 7) is 0. The normalized spacial score (nSPS) is 37.6. The van der Waals surface area contributed by atoms with Crippen LogP contribution in [0.4, 0.5) is 0 Å². The first-order valence-electron chi connectivity index (χ1n) is 6.13. The van der Waals surface area contributed by atoms with E-state index in [1.807, 2.05) is 0 Å². The van der Waals surface area contributed by atoms with E-state index in [9.17, 15) is 0 Å². The van der Waals surface area contributed by atoms with Crippen molar-refractivity contribution in [3.05, 3.63) is 0 Å². The molecule has 0 heterocycles. The van der Waals surface area contributed by atoms with E-state index in [-0.39, 0.29) is 0 Å². The number of nitrogens with two attached hydrogens (primary N) is 1. The molecule has 2 atom stereocenters. The van der Waals surface area contributed by atoms with E-state index in [4.69, 9.17) is 5.73 Å². The highest BCUT2D eigenvalue weighted by atomic mass is 14.7. The van der Waals surface area contributed by atoms with Crippen LogP contribution in [0.1, 0.15) is 57.8 Å². The molecule has 0 aromatic rings. The van der Waals surface area contributed by atoms with Crippen LogP contribution in [0.3, 0.4) is 0 Å². The lowest BCUT2D eigenvalue weighted by Crippen LogP contribution is -2.33. The topological polar surface area (TPSA) is 26.0 Å². The van der Waals surface area contributed by atoms with E-state index in [1.54, 1.807) is 0 Å². The lowest BCUT2D eigenvalue weighted by atomic mass is 9.82. The van der Waals surface area contributed by atoms with Gasteiger partial charge in [-0.25, -0.2) is 0 Å². The molecule has 2 unspecified atom stereocenters. The summed E-state index contributed by atoms with van der Waals surface area (Å²) in [5, 5.41) is 0. The monoisotopic (exact) mass is 181 g/mol. The molecule has 2 fully saturated rings. The first-order valence-corrected chi connectivity index (χ1v) is 6.13. The fraction of sp³-hybridized carbons (Fsp3) is 1.00. The van der Waals surface area contributed by atoms with Gasteiger partial charge < -0.3 is 5.73 Å². The zero-order valence-corrected chi connectivity index (χ0v) is 8.67. The Kier molecular flexibility index (Phi) is 3.26. The third-order valence-electron chi connectivity index (χ3n) is 4.13. The lowest BCUT2D eigenvalue weighted by molar-refractivity contribution is 0.269. The Morgan fingerprint density at radius 1 is 0.692 bits per heavy atom. The standard InChI is InChI=1S/C12H23N/c13-12-9-3-1-2-8-11(12)10-6-4-5-7-10/h10-12H,1-9,13H2. The molecule has 0 aromatic carbocycles. The summed E-state index contributed by atoms with van der Waals surface area (Å²) < 4.78 is 0. The predicted octanol–water partition coefficient (Wildman–Crippen LogP) is 3.08. The molecule has 1 heteroatoms. The van der Waals surface area contributed by atoms with Crippen molar-refractivity contribution in [2.75, 3.05) is 0 Å². The summed E-state index contributed by atoms with van der Waals surface area (Å²) in [5.74, 6) is 1.87. The molecule has 0 radical (unpaired) electrons. The van der Waals surface area contributed by atoms with Crippen molar-refractivity contribution in [2.24, 2.45) is 17.6 Å². The quantitative estimate of drug-likeness (QED) is 0.618. The molecule has 0 aliphatic heterocycles. The highest BCUT2D eigenvalue weighted by Gasteiger charge is 2.30. The minimum Gasteiger partial charge on any atom is -0.327 e. The van der Waals surface area contributed by atoms with Gasteiger partial charge in [-0.05, 0) is 24.7 Å². The summed E-state index contributed by atoms with van der Waals surface area (Å²) in [6, 6.07) is 0.533. The summed E-state index contributed by atoms with van der Waals surface area (Å²) in [4.78, 5) is 0. The minimum atomic E-state index is 0.533. The van der Waals surface area contributed by atoms with Crippen LogP contribution in [-0.4, -0.2) is 6.04 Å². The lowest BCUT2D eigenvalue weighted by Gasteiger charge is -2.27. The van der Waals surface area contributed by atoms with Gasteiger partial charge in [0.25, 0.3) is 0 Å². The average molecular weight is 181 g/mol. The van der Waals surface area contributed by atoms with Crippen LogP contribution >= 0.6 is 0 Å². The Morgan fingerprint density at radius 3 is 2.08 bits per heavy atom. The molecule has 0 saturated heterocycles. The summed E-state index contributed by atoms with van der Waals surface area (Å²) in [6.07, 6.45) is 12.8. The van der Waals surface area contributed by atoms with Gasteiger partial charge in [-0.2, -0.15) is 0 Å². The second-order valence-corrected chi connectivity index (χ2v) is 5.01. The molecule has 0 bridgehead atoms. The van der Waals surface area contributed by atoms with Crippen molar-refractivity contribution in [3.8, 4) is 0 Å². The number of hydrogen-bond acceptors (Lipinski definition) is 1. The van der Waals surface area contributed by atoms with Crippen molar-refractivity contribution >= 4 is 0 Å². The van der Waals surface area contributed by atoms with Crippen molar-refractivity contribution in [1.29, 1.82) is 0 Å². The van der Waals surface area contributed by atoms with E-state index < -0.39 is 0 Å². The fourth-order valence-electron chi connectivity index (χ4n) is 3.34. The van der Waals surface area contributed by atoms with Gasteiger partial charge in [-0.1, -0.05) is 44.9 Å². The van der Waals surface area contributed by atoms with Gasteiger partial charge >= 0.3 is 0 Å². The molecule has 2 rings (SSSR count). The molecule has 0 spiro atoms. The van der Waals surface area contributed by atoms with E-state index in [1.165, 1.54) is 57.8 Å². The van der Waals surface area contributed by atoms with Crippen molar-refractivity contribution < 1.29 is 0 Å². The Labute approximate surface area is 82.1 Å². The average Bonchev–Trinajstić information content (AvgIpc) is 2.56. The van der Waals surface area contributed by atoms with Gasteiger partial charge in [0.05, 0.1) is 0 Å². The third kappa shape index (κ3) is 2.25. The smallest absolute Gasteiger partial charge is 0.00698 e. The van der Waals surface area contributed by atoms with Crippen molar-refractivity contribution in [2.45, 2.75) is 63.8 Å². The SMILES string of the molecule is NC1CCCCCC1C1CCCC1. The number of hydrogen-bond donors (Lipinski definition) is 1. The highest BCUT2D eigenvalue weighted by Crippen LogP contribution is 2.37. The zero-order valence-electron chi connectivity index (χ0n) is 8.67. The van der Waals surface area contributed by atoms with Gasteiger partial charge in [0.1, 0.15) is 0 Å². The van der Waals surface area contributed by atoms with Crippen molar-refractivity contribution in [1.82, 2.24) is 0 Å². The summed E-state index contributed by atoms with van der Waals surface area (Å²) in [7, 11) is 0. The van der Waals surface area contributed by atoms with Crippen LogP contribution in [0.15, 0.2) is 0 Å². The molecule has 0 amide bonds. The zero-order chi connectivity index (χ0) is 9.10. The molecular weight excluding hydrogens is 158 g/mol. The van der Waals surface area contributed by atoms with Gasteiger partial charge in [0.15, 0.2) is 0 Å². The number of rotatable bonds is 1. The molecule has 1 nitrogen and oxygen atoms in total.